The molecule has 1 heterocycles. The standard InChI is InChI=1S/C23H19N3O3S/c1-29-19-12-6-15(7-13-19)21(27)25-23(30)24-17-8-10-18(11-9-17)26-14-16-4-2-3-5-20(16)22(26)28/h2-13H,14H2,1H3,(H2,24,25,27,30). The molecule has 7 heteroatoms. The number of benzene rings is 3. The molecule has 3 aromatic rings. The van der Waals surface area contributed by atoms with Crippen molar-refractivity contribution in [1.82, 2.24) is 5.32 Å². The Kier molecular flexibility index (Phi) is 5.45. The minimum Gasteiger partial charge on any atom is -0.497 e. The van der Waals surface area contributed by atoms with Gasteiger partial charge < -0.3 is 15.0 Å². The third-order valence-corrected chi connectivity index (χ3v) is 5.04. The van der Waals surface area contributed by atoms with Crippen LogP contribution >= 0.6 is 12.2 Å². The number of anilines is 2. The second kappa shape index (κ2) is 8.34. The molecule has 0 saturated carbocycles. The summed E-state index contributed by atoms with van der Waals surface area (Å²) in [6.07, 6.45) is 0. The molecular formula is C23H19N3O3S. The van der Waals surface area contributed by atoms with Gasteiger partial charge in [-0.3, -0.25) is 14.9 Å². The Balaban J connectivity index is 1.37. The van der Waals surface area contributed by atoms with Crippen LogP contribution in [-0.4, -0.2) is 24.0 Å². The molecule has 3 aromatic carbocycles. The van der Waals surface area contributed by atoms with E-state index in [4.69, 9.17) is 17.0 Å². The van der Waals surface area contributed by atoms with Gasteiger partial charge in [-0.2, -0.15) is 0 Å². The largest absolute Gasteiger partial charge is 0.497 e. The molecule has 2 N–H and O–H groups in total. The molecule has 0 fully saturated rings. The molecule has 1 aliphatic rings. The first-order valence-corrected chi connectivity index (χ1v) is 9.72. The summed E-state index contributed by atoms with van der Waals surface area (Å²) in [7, 11) is 1.57. The lowest BCUT2D eigenvalue weighted by Gasteiger charge is -2.16. The fraction of sp³-hybridized carbons (Fsp3) is 0.0870. The highest BCUT2D eigenvalue weighted by atomic mass is 32.1. The summed E-state index contributed by atoms with van der Waals surface area (Å²) in [6.45, 7) is 0.554. The number of nitrogens with one attached hydrogen (secondary N) is 2. The van der Waals surface area contributed by atoms with E-state index in [9.17, 15) is 9.59 Å². The smallest absolute Gasteiger partial charge is 0.258 e. The summed E-state index contributed by atoms with van der Waals surface area (Å²) < 4.78 is 5.09. The number of thiocarbonyl (C=S) groups is 1. The van der Waals surface area contributed by atoms with E-state index >= 15 is 0 Å². The van der Waals surface area contributed by atoms with Crippen LogP contribution in [0.1, 0.15) is 26.3 Å². The van der Waals surface area contributed by atoms with Gasteiger partial charge in [0.05, 0.1) is 13.7 Å². The van der Waals surface area contributed by atoms with Crippen molar-refractivity contribution in [2.75, 3.05) is 17.3 Å². The molecule has 0 saturated heterocycles. The van der Waals surface area contributed by atoms with Crippen LogP contribution in [0.4, 0.5) is 11.4 Å². The minimum atomic E-state index is -0.313. The maximum atomic E-state index is 12.6. The number of fused-ring (bicyclic) bond motifs is 1. The summed E-state index contributed by atoms with van der Waals surface area (Å²) in [5, 5.41) is 5.82. The van der Waals surface area contributed by atoms with E-state index in [1.807, 2.05) is 48.5 Å². The van der Waals surface area contributed by atoms with Crippen molar-refractivity contribution in [3.05, 3.63) is 89.5 Å². The number of amides is 2. The van der Waals surface area contributed by atoms with Crippen LogP contribution in [0, 0.1) is 0 Å². The van der Waals surface area contributed by atoms with Gasteiger partial charge in [0.2, 0.25) is 0 Å². The van der Waals surface area contributed by atoms with E-state index in [2.05, 4.69) is 10.6 Å². The van der Waals surface area contributed by atoms with Crippen molar-refractivity contribution in [1.29, 1.82) is 0 Å². The number of rotatable bonds is 4. The van der Waals surface area contributed by atoms with Crippen molar-refractivity contribution in [3.63, 3.8) is 0 Å². The Morgan fingerprint density at radius 2 is 1.70 bits per heavy atom. The summed E-state index contributed by atoms with van der Waals surface area (Å²) in [6, 6.07) is 21.7. The van der Waals surface area contributed by atoms with E-state index in [-0.39, 0.29) is 16.9 Å². The number of hydrogen-bond donors (Lipinski definition) is 2. The molecule has 6 nitrogen and oxygen atoms in total. The van der Waals surface area contributed by atoms with Crippen molar-refractivity contribution in [3.8, 4) is 5.75 Å². The lowest BCUT2D eigenvalue weighted by atomic mass is 10.1. The van der Waals surface area contributed by atoms with E-state index in [0.717, 1.165) is 16.8 Å². The number of ether oxygens (including phenoxy) is 1. The first-order chi connectivity index (χ1) is 14.5. The number of carbonyl (C=O) groups is 2. The number of hydrogen-bond acceptors (Lipinski definition) is 4. The predicted octanol–water partition coefficient (Wildman–Crippen LogP) is 3.98. The number of methoxy groups -OCH3 is 1. The van der Waals surface area contributed by atoms with Gasteiger partial charge in [-0.05, 0) is 72.4 Å². The summed E-state index contributed by atoms with van der Waals surface area (Å²) in [5.41, 5.74) is 3.74. The maximum Gasteiger partial charge on any atom is 0.258 e. The SMILES string of the molecule is COc1ccc(C(=O)NC(=S)Nc2ccc(N3Cc4ccccc4C3=O)cc2)cc1. The fourth-order valence-electron chi connectivity index (χ4n) is 3.27. The van der Waals surface area contributed by atoms with Crippen LogP contribution in [0.2, 0.25) is 0 Å². The van der Waals surface area contributed by atoms with Gasteiger partial charge in [0.25, 0.3) is 11.8 Å². The molecule has 0 bridgehead atoms. The molecule has 0 spiro atoms. The lowest BCUT2D eigenvalue weighted by Crippen LogP contribution is -2.34. The minimum absolute atomic E-state index is 0.00594. The van der Waals surface area contributed by atoms with Crippen molar-refractivity contribution in [2.24, 2.45) is 0 Å². The second-order valence-corrected chi connectivity index (χ2v) is 7.14. The monoisotopic (exact) mass is 417 g/mol. The van der Waals surface area contributed by atoms with Crippen LogP contribution in [0.5, 0.6) is 5.75 Å². The van der Waals surface area contributed by atoms with Crippen LogP contribution in [-0.2, 0) is 6.54 Å². The van der Waals surface area contributed by atoms with E-state index in [1.165, 1.54) is 0 Å². The summed E-state index contributed by atoms with van der Waals surface area (Å²) in [4.78, 5) is 26.6. The van der Waals surface area contributed by atoms with Gasteiger partial charge in [-0.25, -0.2) is 0 Å². The average molecular weight is 417 g/mol. The molecular weight excluding hydrogens is 398 g/mol. The van der Waals surface area contributed by atoms with Gasteiger partial charge in [-0.15, -0.1) is 0 Å². The van der Waals surface area contributed by atoms with Gasteiger partial charge in [-0.1, -0.05) is 18.2 Å². The Morgan fingerprint density at radius 3 is 2.37 bits per heavy atom. The van der Waals surface area contributed by atoms with Crippen molar-refractivity contribution >= 4 is 40.5 Å². The quantitative estimate of drug-likeness (QED) is 0.629. The Labute approximate surface area is 179 Å². The van der Waals surface area contributed by atoms with Crippen LogP contribution in [0.25, 0.3) is 0 Å². The summed E-state index contributed by atoms with van der Waals surface area (Å²) >= 11 is 5.23. The fourth-order valence-corrected chi connectivity index (χ4v) is 3.48. The third kappa shape index (κ3) is 4.01. The molecule has 150 valence electrons. The van der Waals surface area contributed by atoms with Gasteiger partial charge in [0, 0.05) is 22.5 Å². The first kappa shape index (κ1) is 19.6. The first-order valence-electron chi connectivity index (χ1n) is 9.31. The van der Waals surface area contributed by atoms with Crippen LogP contribution < -0.4 is 20.3 Å². The zero-order valence-electron chi connectivity index (χ0n) is 16.2. The van der Waals surface area contributed by atoms with Crippen LogP contribution in [0.15, 0.2) is 72.8 Å². The van der Waals surface area contributed by atoms with E-state index in [0.29, 0.717) is 23.5 Å². The molecule has 0 unspecified atom stereocenters. The molecule has 2 amide bonds. The molecule has 30 heavy (non-hydrogen) atoms. The zero-order valence-corrected chi connectivity index (χ0v) is 17.0. The molecule has 0 atom stereocenters. The van der Waals surface area contributed by atoms with Crippen molar-refractivity contribution < 1.29 is 14.3 Å². The molecule has 0 aliphatic carbocycles. The highest BCUT2D eigenvalue weighted by Gasteiger charge is 2.27. The maximum absolute atomic E-state index is 12.6. The predicted molar refractivity (Wildman–Crippen MR) is 120 cm³/mol. The highest BCUT2D eigenvalue weighted by molar-refractivity contribution is 7.80. The van der Waals surface area contributed by atoms with Crippen LogP contribution in [0.3, 0.4) is 0 Å². The highest BCUT2D eigenvalue weighted by Crippen LogP contribution is 2.28. The van der Waals surface area contributed by atoms with Gasteiger partial charge in [0.15, 0.2) is 5.11 Å². The number of nitrogens with zero attached hydrogens (tertiary/aromatic N) is 1. The zero-order chi connectivity index (χ0) is 21.1. The normalized spacial score (nSPS) is 12.3. The van der Waals surface area contributed by atoms with Gasteiger partial charge >= 0.3 is 0 Å². The Hall–Kier alpha value is -3.71. The second-order valence-electron chi connectivity index (χ2n) is 6.73. The van der Waals surface area contributed by atoms with E-state index < -0.39 is 0 Å². The van der Waals surface area contributed by atoms with Gasteiger partial charge in [0.1, 0.15) is 5.75 Å². The van der Waals surface area contributed by atoms with E-state index in [1.54, 1.807) is 36.3 Å². The molecule has 0 aromatic heterocycles. The van der Waals surface area contributed by atoms with Crippen molar-refractivity contribution in [2.45, 2.75) is 6.54 Å². The molecule has 0 radical (unpaired) electrons. The Bertz CT molecular complexity index is 1110. The summed E-state index contributed by atoms with van der Waals surface area (Å²) in [5.74, 6) is 0.354. The Morgan fingerprint density at radius 1 is 1.00 bits per heavy atom. The molecule has 1 aliphatic heterocycles. The molecule has 4 rings (SSSR count). The number of carbonyl (C=O) groups excluding carboxylic acids is 2. The lowest BCUT2D eigenvalue weighted by molar-refractivity contribution is 0.0974. The third-order valence-electron chi connectivity index (χ3n) is 4.84. The average Bonchev–Trinajstić information content (AvgIpc) is 3.11. The topological polar surface area (TPSA) is 70.7 Å².